The van der Waals surface area contributed by atoms with Gasteiger partial charge in [-0.3, -0.25) is 0 Å². The Hall–Kier alpha value is -1.39. The van der Waals surface area contributed by atoms with Crippen LogP contribution in [-0.2, 0) is 0 Å². The Morgan fingerprint density at radius 1 is 1.05 bits per heavy atom. The van der Waals surface area contributed by atoms with Crippen molar-refractivity contribution in [2.24, 2.45) is 5.92 Å². The maximum absolute atomic E-state index is 6.17. The second-order valence-corrected chi connectivity index (χ2v) is 6.36. The highest BCUT2D eigenvalue weighted by Crippen LogP contribution is 2.28. The molecule has 0 aliphatic rings. The molecule has 0 spiro atoms. The van der Waals surface area contributed by atoms with E-state index in [9.17, 15) is 0 Å². The summed E-state index contributed by atoms with van der Waals surface area (Å²) in [5.41, 5.74) is 0. The molecule has 4 nitrogen and oxygen atoms in total. The average Bonchev–Trinajstić information content (AvgIpc) is 2.44. The van der Waals surface area contributed by atoms with E-state index in [0.717, 1.165) is 36.2 Å². The summed E-state index contributed by atoms with van der Waals surface area (Å²) < 4.78 is 0. The van der Waals surface area contributed by atoms with Gasteiger partial charge >= 0.3 is 0 Å². The van der Waals surface area contributed by atoms with Gasteiger partial charge in [-0.05, 0) is 20.0 Å². The lowest BCUT2D eigenvalue weighted by atomic mass is 10.1. The summed E-state index contributed by atoms with van der Waals surface area (Å²) in [4.78, 5) is 4.48. The highest BCUT2D eigenvalue weighted by Gasteiger charge is 2.15. The lowest BCUT2D eigenvalue weighted by Crippen LogP contribution is -2.35. The van der Waals surface area contributed by atoms with E-state index in [0.29, 0.717) is 11.1 Å². The molecule has 1 aromatic carbocycles. The Morgan fingerprint density at radius 2 is 1.71 bits per heavy atom. The minimum absolute atomic E-state index is 0.464. The maximum Gasteiger partial charge on any atom is 0.159 e. The number of nitrogens with zero attached hydrogens (tertiary/aromatic N) is 4. The molecule has 0 aliphatic carbocycles. The number of likely N-dealkylation sites (N-methyl/N-ethyl adjacent to an activating group) is 1. The minimum Gasteiger partial charge on any atom is -0.353 e. The molecule has 0 unspecified atom stereocenters. The first-order chi connectivity index (χ1) is 9.99. The van der Waals surface area contributed by atoms with Crippen molar-refractivity contribution in [1.29, 1.82) is 0 Å². The number of fused-ring (bicyclic) bond motifs is 1. The van der Waals surface area contributed by atoms with Crippen molar-refractivity contribution in [2.75, 3.05) is 38.6 Å². The smallest absolute Gasteiger partial charge is 0.159 e. The molecule has 0 N–H and O–H groups in total. The number of benzene rings is 1. The van der Waals surface area contributed by atoms with Crippen molar-refractivity contribution in [3.63, 3.8) is 0 Å². The van der Waals surface area contributed by atoms with Crippen molar-refractivity contribution in [3.8, 4) is 0 Å². The van der Waals surface area contributed by atoms with Crippen LogP contribution in [0.15, 0.2) is 24.3 Å². The number of rotatable bonds is 6. The van der Waals surface area contributed by atoms with Crippen LogP contribution in [0, 0.1) is 5.92 Å². The van der Waals surface area contributed by atoms with E-state index in [1.807, 2.05) is 18.2 Å². The van der Waals surface area contributed by atoms with Gasteiger partial charge in [0, 0.05) is 30.4 Å². The van der Waals surface area contributed by atoms with Crippen molar-refractivity contribution < 1.29 is 0 Å². The van der Waals surface area contributed by atoms with Gasteiger partial charge in [-0.25, -0.2) is 0 Å². The van der Waals surface area contributed by atoms with Crippen LogP contribution in [0.2, 0.25) is 5.15 Å². The molecule has 0 radical (unpaired) electrons. The Balaban J connectivity index is 2.41. The molecule has 0 fully saturated rings. The molecule has 1 heterocycles. The van der Waals surface area contributed by atoms with E-state index in [4.69, 9.17) is 11.6 Å². The third kappa shape index (κ3) is 4.05. The van der Waals surface area contributed by atoms with Crippen LogP contribution in [-0.4, -0.2) is 48.8 Å². The number of hydrogen-bond acceptors (Lipinski definition) is 4. The molecule has 21 heavy (non-hydrogen) atoms. The highest BCUT2D eigenvalue weighted by molar-refractivity contribution is 6.34. The first-order valence-electron chi connectivity index (χ1n) is 7.29. The van der Waals surface area contributed by atoms with Crippen LogP contribution in [0.5, 0.6) is 0 Å². The first kappa shape index (κ1) is 16.0. The quantitative estimate of drug-likeness (QED) is 0.819. The third-order valence-corrected chi connectivity index (χ3v) is 3.60. The van der Waals surface area contributed by atoms with Gasteiger partial charge in [-0.2, -0.15) is 0 Å². The fourth-order valence-corrected chi connectivity index (χ4v) is 2.54. The molecule has 1 aromatic heterocycles. The third-order valence-electron chi connectivity index (χ3n) is 3.32. The van der Waals surface area contributed by atoms with Gasteiger partial charge in [0.25, 0.3) is 0 Å². The molecular weight excluding hydrogens is 284 g/mol. The van der Waals surface area contributed by atoms with Gasteiger partial charge in [0.05, 0.1) is 0 Å². The highest BCUT2D eigenvalue weighted by atomic mass is 35.5. The van der Waals surface area contributed by atoms with Crippen LogP contribution in [0.4, 0.5) is 5.82 Å². The fraction of sp³-hybridized carbons (Fsp3) is 0.500. The number of aromatic nitrogens is 2. The molecule has 5 heteroatoms. The fourth-order valence-electron chi connectivity index (χ4n) is 2.34. The van der Waals surface area contributed by atoms with E-state index in [1.54, 1.807) is 0 Å². The van der Waals surface area contributed by atoms with Crippen LogP contribution in [0.3, 0.4) is 0 Å². The van der Waals surface area contributed by atoms with Crippen molar-refractivity contribution in [2.45, 2.75) is 13.8 Å². The molecule has 0 bridgehead atoms. The molecule has 0 saturated heterocycles. The summed E-state index contributed by atoms with van der Waals surface area (Å²) in [6, 6.07) is 8.05. The molecular formula is C16H23ClN4. The SMILES string of the molecule is CC(C)CN(CCN(C)C)c1nnc(Cl)c2ccccc12. The van der Waals surface area contributed by atoms with Crippen molar-refractivity contribution in [3.05, 3.63) is 29.4 Å². The predicted molar refractivity (Wildman–Crippen MR) is 90.2 cm³/mol. The van der Waals surface area contributed by atoms with Crippen LogP contribution in [0.25, 0.3) is 10.8 Å². The van der Waals surface area contributed by atoms with Crippen LogP contribution in [0.1, 0.15) is 13.8 Å². The van der Waals surface area contributed by atoms with Gasteiger partial charge < -0.3 is 9.80 Å². The minimum atomic E-state index is 0.464. The zero-order valence-electron chi connectivity index (χ0n) is 13.2. The lowest BCUT2D eigenvalue weighted by Gasteiger charge is -2.27. The zero-order valence-corrected chi connectivity index (χ0v) is 13.9. The van der Waals surface area contributed by atoms with Gasteiger partial charge in [0.1, 0.15) is 0 Å². The first-order valence-corrected chi connectivity index (χ1v) is 7.67. The molecule has 2 aromatic rings. The standard InChI is InChI=1S/C16H23ClN4/c1-12(2)11-21(10-9-20(3)4)16-14-8-6-5-7-13(14)15(17)18-19-16/h5-8,12H,9-11H2,1-4H3. The largest absolute Gasteiger partial charge is 0.353 e. The molecule has 0 atom stereocenters. The molecule has 0 saturated carbocycles. The number of halogens is 1. The van der Waals surface area contributed by atoms with E-state index in [1.165, 1.54) is 0 Å². The summed E-state index contributed by atoms with van der Waals surface area (Å²) in [5, 5.41) is 11.0. The second-order valence-electron chi connectivity index (χ2n) is 6.00. The van der Waals surface area contributed by atoms with Crippen LogP contribution < -0.4 is 4.90 Å². The number of anilines is 1. The second kappa shape index (κ2) is 7.05. The summed E-state index contributed by atoms with van der Waals surface area (Å²) in [6.45, 7) is 7.29. The molecule has 0 amide bonds. The monoisotopic (exact) mass is 306 g/mol. The van der Waals surface area contributed by atoms with Crippen LogP contribution >= 0.6 is 11.6 Å². The molecule has 0 aliphatic heterocycles. The van der Waals surface area contributed by atoms with Crippen molar-refractivity contribution in [1.82, 2.24) is 15.1 Å². The topological polar surface area (TPSA) is 32.3 Å². The molecule has 114 valence electrons. The van der Waals surface area contributed by atoms with Gasteiger partial charge in [0.2, 0.25) is 0 Å². The summed E-state index contributed by atoms with van der Waals surface area (Å²) in [5.74, 6) is 1.48. The zero-order chi connectivity index (χ0) is 15.4. The summed E-state index contributed by atoms with van der Waals surface area (Å²) in [6.07, 6.45) is 0. The Bertz CT molecular complexity index is 598. The van der Waals surface area contributed by atoms with Gasteiger partial charge in [0.15, 0.2) is 11.0 Å². The van der Waals surface area contributed by atoms with Gasteiger partial charge in [-0.1, -0.05) is 49.7 Å². The maximum atomic E-state index is 6.17. The van der Waals surface area contributed by atoms with Crippen molar-refractivity contribution >= 4 is 28.2 Å². The Morgan fingerprint density at radius 3 is 2.33 bits per heavy atom. The van der Waals surface area contributed by atoms with E-state index >= 15 is 0 Å². The molecule has 2 rings (SSSR count). The van der Waals surface area contributed by atoms with E-state index in [-0.39, 0.29) is 0 Å². The summed E-state index contributed by atoms with van der Waals surface area (Å²) in [7, 11) is 4.17. The predicted octanol–water partition coefficient (Wildman–Crippen LogP) is 3.31. The van der Waals surface area contributed by atoms with E-state index in [2.05, 4.69) is 54.0 Å². The normalized spacial score (nSPS) is 11.6. The Kier molecular flexibility index (Phi) is 5.37. The Labute approximate surface area is 131 Å². The average molecular weight is 307 g/mol. The van der Waals surface area contributed by atoms with E-state index < -0.39 is 0 Å². The summed E-state index contributed by atoms with van der Waals surface area (Å²) >= 11 is 6.17. The lowest BCUT2D eigenvalue weighted by molar-refractivity contribution is 0.408. The van der Waals surface area contributed by atoms with Gasteiger partial charge in [-0.15, -0.1) is 10.2 Å². The number of hydrogen-bond donors (Lipinski definition) is 0.